The van der Waals surface area contributed by atoms with Gasteiger partial charge in [0.2, 0.25) is 0 Å². The molecular weight excluding hydrogens is 434 g/mol. The molecule has 1 heterocycles. The van der Waals surface area contributed by atoms with Gasteiger partial charge in [-0.2, -0.15) is 0 Å². The summed E-state index contributed by atoms with van der Waals surface area (Å²) in [6.45, 7) is 6.92. The minimum Gasteiger partial charge on any atom is -0.465 e. The minimum atomic E-state index is -0.710. The lowest BCUT2D eigenvalue weighted by Crippen LogP contribution is -2.34. The normalized spacial score (nSPS) is 12.9. The number of nitrogens with one attached hydrogen (secondary N) is 1. The summed E-state index contributed by atoms with van der Waals surface area (Å²) in [5.74, 6) is 0.0158. The number of nitrogens with two attached hydrogens (primary N) is 1. The molecule has 0 aliphatic heterocycles. The molecule has 0 spiro atoms. The van der Waals surface area contributed by atoms with Crippen molar-refractivity contribution < 1.29 is 14.3 Å². The van der Waals surface area contributed by atoms with Gasteiger partial charge >= 0.3 is 5.97 Å². The van der Waals surface area contributed by atoms with Crippen LogP contribution in [0.4, 0.5) is 0 Å². The fourth-order valence-electron chi connectivity index (χ4n) is 3.68. The summed E-state index contributed by atoms with van der Waals surface area (Å²) < 4.78 is 4.94. The molecule has 0 aliphatic rings. The fourth-order valence-corrected chi connectivity index (χ4v) is 4.24. The Hall–Kier alpha value is -3.03. The van der Waals surface area contributed by atoms with Crippen molar-refractivity contribution >= 4 is 23.2 Å². The van der Waals surface area contributed by atoms with E-state index >= 15 is 0 Å². The number of hydrogen-bond acceptors (Lipinski definition) is 6. The monoisotopic (exact) mass is 465 g/mol. The van der Waals surface area contributed by atoms with E-state index in [2.05, 4.69) is 48.4 Å². The van der Waals surface area contributed by atoms with Gasteiger partial charge in [0.05, 0.1) is 17.8 Å². The Morgan fingerprint density at radius 2 is 1.79 bits per heavy atom. The van der Waals surface area contributed by atoms with Gasteiger partial charge in [0.15, 0.2) is 0 Å². The molecule has 0 saturated carbocycles. The Morgan fingerprint density at radius 1 is 1.09 bits per heavy atom. The molecule has 174 valence electrons. The quantitative estimate of drug-likeness (QED) is 0.433. The molecule has 0 fully saturated rings. The molecule has 0 radical (unpaired) electrons. The number of rotatable bonds is 10. The average molecular weight is 466 g/mol. The van der Waals surface area contributed by atoms with Crippen LogP contribution in [0.3, 0.4) is 0 Å². The van der Waals surface area contributed by atoms with Crippen molar-refractivity contribution in [1.82, 2.24) is 10.3 Å². The second-order valence-electron chi connectivity index (χ2n) is 8.32. The van der Waals surface area contributed by atoms with Crippen LogP contribution in [0.2, 0.25) is 0 Å². The Morgan fingerprint density at radius 3 is 2.36 bits per heavy atom. The van der Waals surface area contributed by atoms with Gasteiger partial charge in [-0.3, -0.25) is 9.59 Å². The van der Waals surface area contributed by atoms with E-state index in [1.807, 2.05) is 23.0 Å². The SMILES string of the molecule is CCOC(=O)[C@@H](N)Cc1ccc(C(=O)NC[C@@H](c2ccc(-c3cscn3)cc2)C(C)C)cc1. The van der Waals surface area contributed by atoms with Crippen LogP contribution in [0, 0.1) is 5.92 Å². The van der Waals surface area contributed by atoms with E-state index in [1.54, 1.807) is 30.4 Å². The maximum absolute atomic E-state index is 12.7. The summed E-state index contributed by atoms with van der Waals surface area (Å²) in [6, 6.07) is 14.9. The Bertz CT molecular complexity index is 1030. The zero-order chi connectivity index (χ0) is 23.8. The van der Waals surface area contributed by atoms with Crippen LogP contribution in [0.1, 0.15) is 48.2 Å². The maximum Gasteiger partial charge on any atom is 0.323 e. The topological polar surface area (TPSA) is 94.3 Å². The number of aromatic nitrogens is 1. The van der Waals surface area contributed by atoms with Crippen molar-refractivity contribution in [1.29, 1.82) is 0 Å². The molecule has 1 amide bonds. The van der Waals surface area contributed by atoms with Crippen molar-refractivity contribution in [3.05, 3.63) is 76.1 Å². The molecule has 0 aliphatic carbocycles. The van der Waals surface area contributed by atoms with Crippen molar-refractivity contribution in [2.24, 2.45) is 11.7 Å². The molecule has 0 unspecified atom stereocenters. The largest absolute Gasteiger partial charge is 0.465 e. The summed E-state index contributed by atoms with van der Waals surface area (Å²) in [5.41, 5.74) is 12.4. The molecule has 2 aromatic carbocycles. The minimum absolute atomic E-state index is 0.124. The van der Waals surface area contributed by atoms with E-state index < -0.39 is 12.0 Å². The van der Waals surface area contributed by atoms with E-state index in [9.17, 15) is 9.59 Å². The summed E-state index contributed by atoms with van der Waals surface area (Å²) in [6.07, 6.45) is 0.368. The summed E-state index contributed by atoms with van der Waals surface area (Å²) in [4.78, 5) is 28.8. The average Bonchev–Trinajstić information content (AvgIpc) is 3.35. The van der Waals surface area contributed by atoms with Crippen LogP contribution in [0.5, 0.6) is 0 Å². The molecule has 1 aromatic heterocycles. The molecule has 7 heteroatoms. The van der Waals surface area contributed by atoms with E-state index in [0.29, 0.717) is 31.1 Å². The third-order valence-electron chi connectivity index (χ3n) is 5.62. The predicted octanol–water partition coefficient (Wildman–Crippen LogP) is 4.41. The van der Waals surface area contributed by atoms with Gasteiger partial charge in [-0.15, -0.1) is 11.3 Å². The van der Waals surface area contributed by atoms with Gasteiger partial charge < -0.3 is 15.8 Å². The molecule has 6 nitrogen and oxygen atoms in total. The summed E-state index contributed by atoms with van der Waals surface area (Å²) in [7, 11) is 0. The van der Waals surface area contributed by atoms with Gasteiger partial charge in [-0.05, 0) is 42.5 Å². The second-order valence-corrected chi connectivity index (χ2v) is 9.03. The smallest absolute Gasteiger partial charge is 0.323 e. The Labute approximate surface area is 199 Å². The molecule has 2 atom stereocenters. The maximum atomic E-state index is 12.7. The number of carbonyl (C=O) groups excluding carboxylic acids is 2. The number of benzene rings is 2. The number of esters is 1. The van der Waals surface area contributed by atoms with Gasteiger partial charge in [0, 0.05) is 29.0 Å². The number of amides is 1. The zero-order valence-electron chi connectivity index (χ0n) is 19.3. The zero-order valence-corrected chi connectivity index (χ0v) is 20.1. The van der Waals surface area contributed by atoms with E-state index in [0.717, 1.165) is 16.8 Å². The summed E-state index contributed by atoms with van der Waals surface area (Å²) in [5, 5.41) is 5.10. The first-order chi connectivity index (χ1) is 15.9. The molecule has 3 N–H and O–H groups in total. The van der Waals surface area contributed by atoms with Crippen LogP contribution in [0.15, 0.2) is 59.4 Å². The van der Waals surface area contributed by atoms with Crippen LogP contribution in [-0.4, -0.2) is 36.1 Å². The van der Waals surface area contributed by atoms with Crippen LogP contribution >= 0.6 is 11.3 Å². The predicted molar refractivity (Wildman–Crippen MR) is 132 cm³/mol. The molecule has 0 bridgehead atoms. The third kappa shape index (κ3) is 6.73. The highest BCUT2D eigenvalue weighted by molar-refractivity contribution is 7.07. The lowest BCUT2D eigenvalue weighted by atomic mass is 9.87. The number of thiazole rings is 1. The lowest BCUT2D eigenvalue weighted by Gasteiger charge is -2.22. The number of hydrogen-bond donors (Lipinski definition) is 2. The fraction of sp³-hybridized carbons (Fsp3) is 0.346. The standard InChI is InChI=1S/C26H31N3O3S/c1-4-32-26(31)23(27)13-18-5-7-21(8-6-18)25(30)28-14-22(17(2)3)19-9-11-20(12-10-19)24-15-33-16-29-24/h5-12,15-17,22-23H,4,13-14,27H2,1-3H3,(H,28,30)/t22-,23+/m1/s1. The van der Waals surface area contributed by atoms with Crippen molar-refractivity contribution in [3.63, 3.8) is 0 Å². The highest BCUT2D eigenvalue weighted by atomic mass is 32.1. The first kappa shape index (κ1) is 24.6. The highest BCUT2D eigenvalue weighted by Crippen LogP contribution is 2.27. The third-order valence-corrected chi connectivity index (χ3v) is 6.20. The van der Waals surface area contributed by atoms with Crippen LogP contribution in [-0.2, 0) is 16.0 Å². The Balaban J connectivity index is 1.59. The van der Waals surface area contributed by atoms with Gasteiger partial charge in [-0.25, -0.2) is 4.98 Å². The molecule has 0 saturated heterocycles. The van der Waals surface area contributed by atoms with Gasteiger partial charge in [-0.1, -0.05) is 50.2 Å². The number of ether oxygens (including phenoxy) is 1. The first-order valence-electron chi connectivity index (χ1n) is 11.2. The second kappa shape index (κ2) is 11.7. The number of carbonyl (C=O) groups is 2. The molecule has 33 heavy (non-hydrogen) atoms. The molecule has 3 rings (SSSR count). The Kier molecular flexibility index (Phi) is 8.74. The van der Waals surface area contributed by atoms with E-state index in [4.69, 9.17) is 10.5 Å². The van der Waals surface area contributed by atoms with Gasteiger partial charge in [0.25, 0.3) is 5.91 Å². The van der Waals surface area contributed by atoms with Crippen molar-refractivity contribution in [3.8, 4) is 11.3 Å². The first-order valence-corrected chi connectivity index (χ1v) is 12.1. The molecule has 3 aromatic rings. The summed E-state index contributed by atoms with van der Waals surface area (Å²) >= 11 is 1.58. The van der Waals surface area contributed by atoms with Crippen LogP contribution in [0.25, 0.3) is 11.3 Å². The van der Waals surface area contributed by atoms with E-state index in [1.165, 1.54) is 5.56 Å². The van der Waals surface area contributed by atoms with Crippen LogP contribution < -0.4 is 11.1 Å². The van der Waals surface area contributed by atoms with Gasteiger partial charge in [0.1, 0.15) is 6.04 Å². The highest BCUT2D eigenvalue weighted by Gasteiger charge is 2.19. The van der Waals surface area contributed by atoms with Crippen molar-refractivity contribution in [2.75, 3.05) is 13.2 Å². The van der Waals surface area contributed by atoms with Crippen molar-refractivity contribution in [2.45, 2.75) is 39.2 Å². The van der Waals surface area contributed by atoms with E-state index in [-0.39, 0.29) is 11.8 Å². The molecular formula is C26H31N3O3S. The number of nitrogens with zero attached hydrogens (tertiary/aromatic N) is 1. The lowest BCUT2D eigenvalue weighted by molar-refractivity contribution is -0.144.